The number of allylic oxidation sites excluding steroid dienone is 1. The van der Waals surface area contributed by atoms with Crippen LogP contribution < -0.4 is 0 Å². The molecular weight excluding hydrogens is 474 g/mol. The van der Waals surface area contributed by atoms with Gasteiger partial charge in [0.25, 0.3) is 0 Å². The number of carboxylic acid groups (broad SMARTS) is 1. The van der Waals surface area contributed by atoms with Crippen LogP contribution in [0.1, 0.15) is 104 Å². The van der Waals surface area contributed by atoms with Gasteiger partial charge in [0.1, 0.15) is 0 Å². The third kappa shape index (κ3) is 8.31. The van der Waals surface area contributed by atoms with Crippen LogP contribution in [0.25, 0.3) is 0 Å². The lowest BCUT2D eigenvalue weighted by Crippen LogP contribution is -2.52. The quantitative estimate of drug-likeness (QED) is 0.102. The van der Waals surface area contributed by atoms with Gasteiger partial charge in [-0.2, -0.15) is 0 Å². The molecule has 1 N–H and O–H groups in total. The maximum absolute atomic E-state index is 10.7. The molecule has 0 aromatic rings. The highest BCUT2D eigenvalue weighted by atomic mass is 35.5. The molecule has 0 spiro atoms. The van der Waals surface area contributed by atoms with Crippen molar-refractivity contribution in [2.75, 3.05) is 13.1 Å². The summed E-state index contributed by atoms with van der Waals surface area (Å²) in [6.45, 7) is 14.2. The van der Waals surface area contributed by atoms with Crippen LogP contribution in [0.15, 0.2) is 12.2 Å². The van der Waals surface area contributed by atoms with Gasteiger partial charge in [-0.15, -0.1) is 11.6 Å². The van der Waals surface area contributed by atoms with Crippen LogP contribution >= 0.6 is 11.6 Å². The minimum absolute atomic E-state index is 0.214. The number of alkyl halides is 1. The fraction of sp³-hybridized carbons (Fsp3) is 0.897. The molecule has 1 saturated heterocycles. The second-order valence-electron chi connectivity index (χ2n) is 13.3. The number of carbonyl (C=O) groups is 1. The molecule has 0 aromatic heterocycles. The van der Waals surface area contributed by atoms with Crippen molar-refractivity contribution in [3.05, 3.63) is 12.2 Å². The van der Waals surface area contributed by atoms with Gasteiger partial charge < -0.3 is 9.53 Å². The number of hydrogen-bond acceptors (Lipinski definition) is 3. The van der Waals surface area contributed by atoms with E-state index in [2.05, 4.69) is 50.9 Å². The van der Waals surface area contributed by atoms with Gasteiger partial charge in [-0.1, -0.05) is 52.2 Å². The number of aliphatic carboxylic acids is 1. The molecule has 3 atom stereocenters. The zero-order chi connectivity index (χ0) is 25.7. The summed E-state index contributed by atoms with van der Waals surface area (Å²) in [5, 5.41) is 9.26. The molecule has 3 fully saturated rings. The van der Waals surface area contributed by atoms with Crippen LogP contribution in [0.5, 0.6) is 0 Å². The predicted octanol–water partition coefficient (Wildman–Crippen LogP) is 8.01. The smallest absolute Gasteiger partial charge is 0.303 e. The highest BCUT2D eigenvalue weighted by Gasteiger charge is 2.50. The van der Waals surface area contributed by atoms with E-state index in [-0.39, 0.29) is 16.8 Å². The Kier molecular flexibility index (Phi) is 10.4. The summed E-state index contributed by atoms with van der Waals surface area (Å²) in [6.07, 6.45) is 19.4. The molecule has 3 rings (SSSR count). The van der Waals surface area contributed by atoms with Gasteiger partial charge in [-0.25, -0.2) is 0 Å². The Balaban J connectivity index is 1.55. The first-order valence-corrected chi connectivity index (χ1v) is 17.7. The highest BCUT2D eigenvalue weighted by molar-refractivity contribution is 6.74. The third-order valence-electron chi connectivity index (χ3n) is 9.46. The van der Waals surface area contributed by atoms with E-state index in [1.54, 1.807) is 0 Å². The van der Waals surface area contributed by atoms with Crippen LogP contribution in [-0.2, 0) is 9.22 Å². The van der Waals surface area contributed by atoms with Crippen molar-refractivity contribution in [3.8, 4) is 0 Å². The van der Waals surface area contributed by atoms with Crippen molar-refractivity contribution in [1.82, 2.24) is 4.90 Å². The molecule has 6 heteroatoms. The number of halogens is 1. The van der Waals surface area contributed by atoms with Crippen LogP contribution in [0.3, 0.4) is 0 Å². The Morgan fingerprint density at radius 3 is 2.49 bits per heavy atom. The minimum atomic E-state index is -1.81. The summed E-state index contributed by atoms with van der Waals surface area (Å²) in [6, 6.07) is 0.399. The van der Waals surface area contributed by atoms with E-state index >= 15 is 0 Å². The molecule has 35 heavy (non-hydrogen) atoms. The number of rotatable bonds is 15. The molecule has 4 nitrogen and oxygen atoms in total. The molecule has 0 bridgehead atoms. The van der Waals surface area contributed by atoms with Crippen molar-refractivity contribution in [1.29, 1.82) is 0 Å². The number of likely N-dealkylation sites (tertiary alicyclic amines) is 1. The summed E-state index contributed by atoms with van der Waals surface area (Å²) >= 11 is 6.73. The zero-order valence-corrected chi connectivity index (χ0v) is 24.9. The molecule has 202 valence electrons. The van der Waals surface area contributed by atoms with Gasteiger partial charge in [0.05, 0.1) is 11.5 Å². The fourth-order valence-corrected chi connectivity index (χ4v) is 7.66. The Hall–Kier alpha value is -0.363. The number of nitrogens with zero attached hydrogens (tertiary/aromatic N) is 1. The standard InChI is InChI=1S/C29H52ClNO3Si/c1-28(2,3)35(4,5)34-26(29(18-11-19-29)22-23-15-16-23)13-10-20-31-21-17-24(30)25(31)12-8-6-7-9-14-27(32)33/h6,8,23-26H,7,9-22H2,1-5H3,(H,32,33)/b8-6-/t24?,25?,26-/m1/s1. The van der Waals surface area contributed by atoms with E-state index in [4.69, 9.17) is 21.1 Å². The van der Waals surface area contributed by atoms with Crippen molar-refractivity contribution >= 4 is 25.9 Å². The third-order valence-corrected chi connectivity index (χ3v) is 14.5. The molecule has 2 aliphatic carbocycles. The summed E-state index contributed by atoms with van der Waals surface area (Å²) in [5.74, 6) is 0.251. The lowest BCUT2D eigenvalue weighted by Gasteiger charge is -2.52. The van der Waals surface area contributed by atoms with Gasteiger partial charge in [0, 0.05) is 12.5 Å². The molecule has 1 heterocycles. The lowest BCUT2D eigenvalue weighted by molar-refractivity contribution is -0.137. The normalized spacial score (nSPS) is 26.2. The summed E-state index contributed by atoms with van der Waals surface area (Å²) in [5.41, 5.74) is 0.439. The number of unbranched alkanes of at least 4 members (excludes halogenated alkanes) is 1. The van der Waals surface area contributed by atoms with Crippen LogP contribution in [0.2, 0.25) is 18.1 Å². The van der Waals surface area contributed by atoms with Crippen molar-refractivity contribution in [2.24, 2.45) is 11.3 Å². The van der Waals surface area contributed by atoms with E-state index in [0.717, 1.165) is 38.3 Å². The van der Waals surface area contributed by atoms with Gasteiger partial charge in [-0.3, -0.25) is 9.69 Å². The summed E-state index contributed by atoms with van der Waals surface area (Å²) in [4.78, 5) is 13.3. The second-order valence-corrected chi connectivity index (χ2v) is 18.6. The van der Waals surface area contributed by atoms with Crippen molar-refractivity contribution in [3.63, 3.8) is 0 Å². The van der Waals surface area contributed by atoms with Crippen LogP contribution in [0, 0.1) is 11.3 Å². The monoisotopic (exact) mass is 525 g/mol. The highest BCUT2D eigenvalue weighted by Crippen LogP contribution is 2.56. The first kappa shape index (κ1) is 29.2. The van der Waals surface area contributed by atoms with E-state index in [1.165, 1.54) is 51.4 Å². The van der Waals surface area contributed by atoms with Gasteiger partial charge in [0.2, 0.25) is 0 Å². The predicted molar refractivity (Wildman–Crippen MR) is 150 cm³/mol. The molecule has 1 aliphatic heterocycles. The largest absolute Gasteiger partial charge is 0.481 e. The molecule has 0 aromatic carbocycles. The molecule has 2 unspecified atom stereocenters. The Morgan fingerprint density at radius 2 is 1.91 bits per heavy atom. The fourth-order valence-electron chi connectivity index (χ4n) is 5.86. The van der Waals surface area contributed by atoms with Crippen molar-refractivity contribution < 1.29 is 14.3 Å². The first-order valence-electron chi connectivity index (χ1n) is 14.4. The maximum Gasteiger partial charge on any atom is 0.303 e. The Labute approximate surface area is 221 Å². The summed E-state index contributed by atoms with van der Waals surface area (Å²) < 4.78 is 7.21. The van der Waals surface area contributed by atoms with Gasteiger partial charge >= 0.3 is 5.97 Å². The average molecular weight is 526 g/mol. The Bertz CT molecular complexity index is 711. The van der Waals surface area contributed by atoms with Gasteiger partial charge in [-0.05, 0) is 100 Å². The average Bonchev–Trinajstić information content (AvgIpc) is 3.48. The van der Waals surface area contributed by atoms with E-state index in [9.17, 15) is 4.79 Å². The van der Waals surface area contributed by atoms with Gasteiger partial charge in [0.15, 0.2) is 8.32 Å². The number of carboxylic acids is 1. The van der Waals surface area contributed by atoms with E-state index in [0.29, 0.717) is 24.0 Å². The zero-order valence-electron chi connectivity index (χ0n) is 23.2. The molecule has 0 amide bonds. The minimum Gasteiger partial charge on any atom is -0.481 e. The molecule has 3 aliphatic rings. The van der Waals surface area contributed by atoms with Crippen LogP contribution in [0.4, 0.5) is 0 Å². The Morgan fingerprint density at radius 1 is 1.20 bits per heavy atom. The molecule has 2 saturated carbocycles. The van der Waals surface area contributed by atoms with E-state index < -0.39 is 14.3 Å². The topological polar surface area (TPSA) is 49.8 Å². The maximum atomic E-state index is 10.7. The van der Waals surface area contributed by atoms with Crippen molar-refractivity contribution in [2.45, 2.75) is 140 Å². The second kappa shape index (κ2) is 12.5. The SMILES string of the molecule is CC(C)(C)[Si](C)(C)O[C@H](CCCN1CCC(Cl)C1C/C=C\CCCC(=O)O)C1(CC2CC2)CCC1. The lowest BCUT2D eigenvalue weighted by atomic mass is 9.61. The molecular formula is C29H52ClNO3Si. The molecule has 0 radical (unpaired) electrons. The van der Waals surface area contributed by atoms with E-state index in [1.807, 2.05) is 0 Å². The first-order chi connectivity index (χ1) is 16.4. The number of hydrogen-bond donors (Lipinski definition) is 1. The summed E-state index contributed by atoms with van der Waals surface area (Å²) in [7, 11) is -1.81. The van der Waals surface area contributed by atoms with Crippen LogP contribution in [-0.4, -0.2) is 54.9 Å².